The first kappa shape index (κ1) is 37.4. The molecule has 0 aliphatic carbocycles. The van der Waals surface area contributed by atoms with E-state index in [1.807, 2.05) is 0 Å². The fourth-order valence-electron chi connectivity index (χ4n) is 3.18. The Labute approximate surface area is 209 Å². The first-order valence-electron chi connectivity index (χ1n) is 12.1. The molecule has 3 atom stereocenters. The topological polar surface area (TPSA) is 66.4 Å². The molecule has 0 aliphatic heterocycles. The standard InChI is InChI=1S/C13H30N.C9H12F8O4S/c1-5-8-11-14(4,12-9-6-2)13-10-7-3;1-2-3-4(22(18,19)20)21-9(16,17)8(14,15)6(11)5(10)7(12)13/h5-13H2,1-4H3;4-7H,2-3H2,1H3,(H,18,19,20)/q+1;/p-1. The van der Waals surface area contributed by atoms with E-state index >= 15 is 0 Å². The Morgan fingerprint density at radius 1 is 0.806 bits per heavy atom. The second-order valence-corrected chi connectivity index (χ2v) is 10.5. The van der Waals surface area contributed by atoms with Crippen LogP contribution in [0.3, 0.4) is 0 Å². The number of unbranched alkanes of at least 4 members (excludes halogenated alkanes) is 3. The van der Waals surface area contributed by atoms with Crippen LogP contribution < -0.4 is 0 Å². The average Bonchev–Trinajstić information content (AvgIpc) is 2.78. The Hall–Kier alpha value is -0.730. The highest BCUT2D eigenvalue weighted by Gasteiger charge is 2.67. The molecule has 0 fully saturated rings. The number of quaternary nitrogens is 1. The zero-order valence-corrected chi connectivity index (χ0v) is 22.4. The van der Waals surface area contributed by atoms with Crippen LogP contribution in [0.15, 0.2) is 0 Å². The van der Waals surface area contributed by atoms with Crippen molar-refractivity contribution in [1.82, 2.24) is 0 Å². The number of hydrogen-bond acceptors (Lipinski definition) is 4. The molecule has 0 spiro atoms. The second-order valence-electron chi connectivity index (χ2n) is 9.00. The van der Waals surface area contributed by atoms with Crippen LogP contribution in [0.4, 0.5) is 35.1 Å². The average molecular weight is 568 g/mol. The predicted molar refractivity (Wildman–Crippen MR) is 121 cm³/mol. The molecule has 0 amide bonds. The van der Waals surface area contributed by atoms with E-state index < -0.39 is 52.8 Å². The summed E-state index contributed by atoms with van der Waals surface area (Å²) in [6.45, 7) is 12.2. The first-order chi connectivity index (χ1) is 16.4. The Morgan fingerprint density at radius 2 is 1.19 bits per heavy atom. The Balaban J connectivity index is 0. The van der Waals surface area contributed by atoms with E-state index in [1.165, 1.54) is 69.6 Å². The Kier molecular flexibility index (Phi) is 17.6. The quantitative estimate of drug-likeness (QED) is 0.105. The van der Waals surface area contributed by atoms with Gasteiger partial charge in [-0.05, 0) is 25.7 Å². The molecule has 0 N–H and O–H groups in total. The molecular formula is C22H41F8NO4S. The van der Waals surface area contributed by atoms with Crippen molar-refractivity contribution in [3.05, 3.63) is 0 Å². The van der Waals surface area contributed by atoms with Crippen molar-refractivity contribution in [2.75, 3.05) is 26.7 Å². The van der Waals surface area contributed by atoms with Crippen LogP contribution in [0.25, 0.3) is 0 Å². The molecule has 0 radical (unpaired) electrons. The van der Waals surface area contributed by atoms with Gasteiger partial charge < -0.3 is 9.04 Å². The number of alkyl halides is 8. The molecule has 0 bridgehead atoms. The third-order valence-corrected chi connectivity index (χ3v) is 6.51. The lowest BCUT2D eigenvalue weighted by Crippen LogP contribution is -2.55. The maximum absolute atomic E-state index is 13.2. The van der Waals surface area contributed by atoms with Gasteiger partial charge in [-0.25, -0.2) is 26.0 Å². The molecule has 0 saturated heterocycles. The smallest absolute Gasteiger partial charge is 0.423 e. The normalized spacial score (nSPS) is 15.9. The van der Waals surface area contributed by atoms with Crippen LogP contribution in [-0.2, 0) is 14.9 Å². The summed E-state index contributed by atoms with van der Waals surface area (Å²) in [4.78, 5) is 0. The molecule has 0 aromatic heterocycles. The summed E-state index contributed by atoms with van der Waals surface area (Å²) in [7, 11) is -3.19. The lowest BCUT2D eigenvalue weighted by atomic mass is 10.1. The van der Waals surface area contributed by atoms with Crippen molar-refractivity contribution in [3.63, 3.8) is 0 Å². The van der Waals surface area contributed by atoms with Gasteiger partial charge in [0.25, 0.3) is 6.43 Å². The minimum Gasteiger partial charge on any atom is -0.746 e. The lowest BCUT2D eigenvalue weighted by Gasteiger charge is -2.34. The van der Waals surface area contributed by atoms with Crippen molar-refractivity contribution in [1.29, 1.82) is 0 Å². The molecular weight excluding hydrogens is 526 g/mol. The van der Waals surface area contributed by atoms with Crippen molar-refractivity contribution < 1.29 is 57.3 Å². The minimum atomic E-state index is -6.13. The van der Waals surface area contributed by atoms with E-state index in [4.69, 9.17) is 0 Å². The SMILES string of the molecule is CCCC(OC(F)(F)C(F)(F)C(F)C(F)C(F)F)S(=O)(=O)[O-].CCCC[N+](C)(CCCC)CCCC. The summed E-state index contributed by atoms with van der Waals surface area (Å²) in [6.07, 6.45) is -12.3. The zero-order valence-electron chi connectivity index (χ0n) is 21.6. The molecule has 5 nitrogen and oxygen atoms in total. The van der Waals surface area contributed by atoms with E-state index in [1.54, 1.807) is 0 Å². The summed E-state index contributed by atoms with van der Waals surface area (Å²) in [5.74, 6) is -6.13. The second kappa shape index (κ2) is 17.0. The van der Waals surface area contributed by atoms with Crippen LogP contribution in [0.5, 0.6) is 0 Å². The molecule has 0 aliphatic rings. The van der Waals surface area contributed by atoms with Crippen molar-refractivity contribution in [2.24, 2.45) is 0 Å². The summed E-state index contributed by atoms with van der Waals surface area (Å²) >= 11 is 0. The van der Waals surface area contributed by atoms with Crippen LogP contribution in [0.1, 0.15) is 79.1 Å². The van der Waals surface area contributed by atoms with E-state index in [0.717, 1.165) is 0 Å². The fraction of sp³-hybridized carbons (Fsp3) is 1.00. The van der Waals surface area contributed by atoms with Crippen LogP contribution in [-0.4, -0.2) is 80.4 Å². The maximum Gasteiger partial charge on any atom is 0.423 e. The predicted octanol–water partition coefficient (Wildman–Crippen LogP) is 6.68. The molecule has 0 rings (SSSR count). The van der Waals surface area contributed by atoms with E-state index in [-0.39, 0.29) is 6.42 Å². The molecule has 36 heavy (non-hydrogen) atoms. The summed E-state index contributed by atoms with van der Waals surface area (Å²) < 4.78 is 138. The molecule has 220 valence electrons. The van der Waals surface area contributed by atoms with Gasteiger partial charge in [-0.3, -0.25) is 4.74 Å². The third kappa shape index (κ3) is 13.2. The van der Waals surface area contributed by atoms with Gasteiger partial charge >= 0.3 is 12.0 Å². The number of nitrogens with zero attached hydrogens (tertiary/aromatic N) is 1. The maximum atomic E-state index is 13.2. The van der Waals surface area contributed by atoms with Gasteiger partial charge in [0, 0.05) is 0 Å². The third-order valence-electron chi connectivity index (χ3n) is 5.54. The molecule has 0 aromatic carbocycles. The summed E-state index contributed by atoms with van der Waals surface area (Å²) in [5, 5.41) is 0. The number of hydrogen-bond donors (Lipinski definition) is 0. The van der Waals surface area contributed by atoms with Gasteiger partial charge in [0.2, 0.25) is 6.17 Å². The van der Waals surface area contributed by atoms with Gasteiger partial charge in [0.05, 0.1) is 26.7 Å². The first-order valence-corrected chi connectivity index (χ1v) is 13.6. The molecule has 0 heterocycles. The zero-order chi connectivity index (χ0) is 28.8. The summed E-state index contributed by atoms with van der Waals surface area (Å²) in [5.41, 5.74) is -2.98. The van der Waals surface area contributed by atoms with Gasteiger partial charge in [-0.15, -0.1) is 0 Å². The molecule has 0 saturated carbocycles. The van der Waals surface area contributed by atoms with Gasteiger partial charge in [0.1, 0.15) is 10.1 Å². The van der Waals surface area contributed by atoms with Crippen molar-refractivity contribution in [3.8, 4) is 0 Å². The highest BCUT2D eigenvalue weighted by molar-refractivity contribution is 7.86. The van der Waals surface area contributed by atoms with Crippen molar-refractivity contribution in [2.45, 2.75) is 115 Å². The Bertz CT molecular complexity index is 661. The van der Waals surface area contributed by atoms with Crippen molar-refractivity contribution >= 4 is 10.1 Å². The van der Waals surface area contributed by atoms with Gasteiger partial charge in [-0.2, -0.15) is 17.6 Å². The van der Waals surface area contributed by atoms with Crippen LogP contribution >= 0.6 is 0 Å². The largest absolute Gasteiger partial charge is 0.746 e. The minimum absolute atomic E-state index is 0.268. The fourth-order valence-corrected chi connectivity index (χ4v) is 3.95. The highest BCUT2D eigenvalue weighted by atomic mass is 32.2. The number of halogens is 8. The lowest BCUT2D eigenvalue weighted by molar-refractivity contribution is -0.910. The molecule has 3 unspecified atom stereocenters. The highest BCUT2D eigenvalue weighted by Crippen LogP contribution is 2.43. The Morgan fingerprint density at radius 3 is 1.47 bits per heavy atom. The van der Waals surface area contributed by atoms with Gasteiger partial charge in [-0.1, -0.05) is 53.4 Å². The molecule has 14 heteroatoms. The monoisotopic (exact) mass is 567 g/mol. The van der Waals surface area contributed by atoms with Gasteiger partial charge in [0.15, 0.2) is 11.6 Å². The number of ether oxygens (including phenoxy) is 1. The van der Waals surface area contributed by atoms with Crippen LogP contribution in [0.2, 0.25) is 0 Å². The van der Waals surface area contributed by atoms with E-state index in [9.17, 15) is 48.1 Å². The summed E-state index contributed by atoms with van der Waals surface area (Å²) in [6, 6.07) is 0. The van der Waals surface area contributed by atoms with E-state index in [2.05, 4.69) is 32.6 Å². The van der Waals surface area contributed by atoms with Crippen LogP contribution in [0, 0.1) is 0 Å². The van der Waals surface area contributed by atoms with E-state index in [0.29, 0.717) is 0 Å². The number of rotatable bonds is 18. The molecule has 0 aromatic rings.